The Kier molecular flexibility index (Phi) is 3.16. The van der Waals surface area contributed by atoms with Gasteiger partial charge in [-0.1, -0.05) is 35.0 Å². The Bertz CT molecular complexity index is 451. The number of benzene rings is 1. The average Bonchev–Trinajstić information content (AvgIpc) is 2.68. The van der Waals surface area contributed by atoms with Gasteiger partial charge < -0.3 is 0 Å². The minimum absolute atomic E-state index is 0.755. The zero-order chi connectivity index (χ0) is 10.7. The molecule has 0 aliphatic heterocycles. The van der Waals surface area contributed by atoms with Gasteiger partial charge in [-0.2, -0.15) is 5.10 Å². The molecule has 2 rings (SSSR count). The maximum Gasteiger partial charge on any atom is 0.182 e. The molecule has 0 saturated carbocycles. The number of aryl methyl sites for hydroxylation is 1. The molecule has 1 aromatic carbocycles. The number of aromatic nitrogens is 3. The lowest BCUT2D eigenvalue weighted by Crippen LogP contribution is -1.85. The van der Waals surface area contributed by atoms with Crippen LogP contribution in [0.2, 0.25) is 0 Å². The molecule has 78 valence electrons. The van der Waals surface area contributed by atoms with Crippen molar-refractivity contribution in [1.82, 2.24) is 15.2 Å². The van der Waals surface area contributed by atoms with Crippen molar-refractivity contribution in [2.45, 2.75) is 19.8 Å². The van der Waals surface area contributed by atoms with Gasteiger partial charge in [0, 0.05) is 16.5 Å². The summed E-state index contributed by atoms with van der Waals surface area (Å²) < 4.78 is 1.02. The standard InChI is InChI=1S/C11H12BrN3/c1-2-5-10-13-11(15-14-10)8-6-3-4-7-9(8)12/h3-4,6-7H,2,5H2,1H3,(H,13,14,15). The topological polar surface area (TPSA) is 41.6 Å². The summed E-state index contributed by atoms with van der Waals surface area (Å²) in [5, 5.41) is 7.15. The van der Waals surface area contributed by atoms with E-state index in [-0.39, 0.29) is 0 Å². The Balaban J connectivity index is 2.33. The molecule has 0 fully saturated rings. The second-order valence-electron chi connectivity index (χ2n) is 3.34. The maximum absolute atomic E-state index is 4.43. The van der Waals surface area contributed by atoms with E-state index in [1.165, 1.54) is 0 Å². The van der Waals surface area contributed by atoms with E-state index in [0.29, 0.717) is 0 Å². The van der Waals surface area contributed by atoms with Gasteiger partial charge in [-0.25, -0.2) is 4.98 Å². The monoisotopic (exact) mass is 265 g/mol. The molecule has 0 unspecified atom stereocenters. The molecule has 2 aromatic rings. The molecule has 1 heterocycles. The Morgan fingerprint density at radius 1 is 1.33 bits per heavy atom. The van der Waals surface area contributed by atoms with Crippen molar-refractivity contribution in [3.05, 3.63) is 34.6 Å². The third-order valence-electron chi connectivity index (χ3n) is 2.13. The maximum atomic E-state index is 4.43. The molecular formula is C11H12BrN3. The highest BCUT2D eigenvalue weighted by atomic mass is 79.9. The van der Waals surface area contributed by atoms with E-state index in [9.17, 15) is 0 Å². The van der Waals surface area contributed by atoms with Gasteiger partial charge in [0.2, 0.25) is 0 Å². The first-order valence-electron chi connectivity index (χ1n) is 4.97. The molecule has 3 nitrogen and oxygen atoms in total. The quantitative estimate of drug-likeness (QED) is 0.926. The molecule has 0 aliphatic carbocycles. The number of H-pyrrole nitrogens is 1. The lowest BCUT2D eigenvalue weighted by atomic mass is 10.2. The summed E-state index contributed by atoms with van der Waals surface area (Å²) in [5.41, 5.74) is 1.02. The molecule has 4 heteroatoms. The van der Waals surface area contributed by atoms with Gasteiger partial charge in [-0.15, -0.1) is 0 Å². The van der Waals surface area contributed by atoms with Gasteiger partial charge in [0.25, 0.3) is 0 Å². The number of nitrogens with zero attached hydrogens (tertiary/aromatic N) is 2. The third kappa shape index (κ3) is 2.26. The first kappa shape index (κ1) is 10.4. The predicted molar refractivity (Wildman–Crippen MR) is 63.5 cm³/mol. The summed E-state index contributed by atoms with van der Waals surface area (Å²) in [6, 6.07) is 7.96. The second-order valence-corrected chi connectivity index (χ2v) is 4.19. The number of rotatable bonds is 3. The van der Waals surface area contributed by atoms with Crippen molar-refractivity contribution in [3.63, 3.8) is 0 Å². The Morgan fingerprint density at radius 3 is 2.87 bits per heavy atom. The fraction of sp³-hybridized carbons (Fsp3) is 0.273. The van der Waals surface area contributed by atoms with Gasteiger partial charge in [0.15, 0.2) is 5.82 Å². The van der Waals surface area contributed by atoms with Crippen LogP contribution in [0.4, 0.5) is 0 Å². The van der Waals surface area contributed by atoms with Crippen LogP contribution in [-0.4, -0.2) is 15.2 Å². The molecule has 0 aliphatic rings. The van der Waals surface area contributed by atoms with E-state index in [0.717, 1.165) is 34.5 Å². The van der Waals surface area contributed by atoms with Gasteiger partial charge in [-0.05, 0) is 18.6 Å². The van der Waals surface area contributed by atoms with E-state index in [1.54, 1.807) is 0 Å². The Hall–Kier alpha value is -1.16. The van der Waals surface area contributed by atoms with Crippen LogP contribution >= 0.6 is 15.9 Å². The fourth-order valence-corrected chi connectivity index (χ4v) is 1.87. The highest BCUT2D eigenvalue weighted by Crippen LogP contribution is 2.24. The first-order chi connectivity index (χ1) is 7.31. The molecule has 0 saturated heterocycles. The number of nitrogens with one attached hydrogen (secondary N) is 1. The van der Waals surface area contributed by atoms with E-state index >= 15 is 0 Å². The van der Waals surface area contributed by atoms with Crippen LogP contribution in [0.5, 0.6) is 0 Å². The van der Waals surface area contributed by atoms with Gasteiger partial charge in [0.1, 0.15) is 5.82 Å². The minimum atomic E-state index is 0.755. The average molecular weight is 266 g/mol. The molecule has 1 N–H and O–H groups in total. The summed E-state index contributed by atoms with van der Waals surface area (Å²) >= 11 is 3.49. The van der Waals surface area contributed by atoms with Crippen molar-refractivity contribution >= 4 is 15.9 Å². The minimum Gasteiger partial charge on any atom is -0.263 e. The van der Waals surface area contributed by atoms with Crippen LogP contribution in [-0.2, 0) is 6.42 Å². The normalized spacial score (nSPS) is 10.5. The zero-order valence-electron chi connectivity index (χ0n) is 8.50. The van der Waals surface area contributed by atoms with Crippen molar-refractivity contribution in [1.29, 1.82) is 0 Å². The largest absolute Gasteiger partial charge is 0.263 e. The van der Waals surface area contributed by atoms with Crippen LogP contribution in [0.3, 0.4) is 0 Å². The number of aromatic amines is 1. The van der Waals surface area contributed by atoms with Crippen LogP contribution in [0.25, 0.3) is 11.4 Å². The highest BCUT2D eigenvalue weighted by Gasteiger charge is 2.07. The molecule has 0 radical (unpaired) electrons. The molecule has 0 atom stereocenters. The Labute approximate surface area is 97.1 Å². The van der Waals surface area contributed by atoms with Crippen molar-refractivity contribution in [3.8, 4) is 11.4 Å². The number of hydrogen-bond donors (Lipinski definition) is 1. The summed E-state index contributed by atoms with van der Waals surface area (Å²) in [6.07, 6.45) is 2.02. The third-order valence-corrected chi connectivity index (χ3v) is 2.82. The first-order valence-corrected chi connectivity index (χ1v) is 5.76. The molecule has 0 amide bonds. The zero-order valence-corrected chi connectivity index (χ0v) is 10.1. The summed E-state index contributed by atoms with van der Waals surface area (Å²) in [4.78, 5) is 4.43. The number of halogens is 1. The summed E-state index contributed by atoms with van der Waals surface area (Å²) in [7, 11) is 0. The molecule has 1 aromatic heterocycles. The van der Waals surface area contributed by atoms with Crippen LogP contribution in [0, 0.1) is 0 Å². The van der Waals surface area contributed by atoms with Crippen molar-refractivity contribution in [2.75, 3.05) is 0 Å². The second kappa shape index (κ2) is 4.57. The van der Waals surface area contributed by atoms with Crippen molar-refractivity contribution < 1.29 is 0 Å². The predicted octanol–water partition coefficient (Wildman–Crippen LogP) is 3.19. The molecule has 0 bridgehead atoms. The van der Waals surface area contributed by atoms with Gasteiger partial charge in [-0.3, -0.25) is 5.10 Å². The fourth-order valence-electron chi connectivity index (χ4n) is 1.41. The van der Waals surface area contributed by atoms with Gasteiger partial charge >= 0.3 is 0 Å². The van der Waals surface area contributed by atoms with Gasteiger partial charge in [0.05, 0.1) is 0 Å². The van der Waals surface area contributed by atoms with E-state index in [1.807, 2.05) is 24.3 Å². The van der Waals surface area contributed by atoms with Crippen LogP contribution in [0.1, 0.15) is 19.2 Å². The van der Waals surface area contributed by atoms with Crippen LogP contribution < -0.4 is 0 Å². The van der Waals surface area contributed by atoms with Crippen LogP contribution in [0.15, 0.2) is 28.7 Å². The lowest BCUT2D eigenvalue weighted by Gasteiger charge is -1.97. The lowest BCUT2D eigenvalue weighted by molar-refractivity contribution is 0.841. The molecule has 15 heavy (non-hydrogen) atoms. The van der Waals surface area contributed by atoms with Crippen molar-refractivity contribution in [2.24, 2.45) is 0 Å². The van der Waals surface area contributed by atoms with E-state index < -0.39 is 0 Å². The smallest absolute Gasteiger partial charge is 0.182 e. The summed E-state index contributed by atoms with van der Waals surface area (Å²) in [5.74, 6) is 1.70. The highest BCUT2D eigenvalue weighted by molar-refractivity contribution is 9.10. The molecular weight excluding hydrogens is 254 g/mol. The Morgan fingerprint density at radius 2 is 2.13 bits per heavy atom. The SMILES string of the molecule is CCCc1nc(-c2ccccc2Br)n[nH]1. The summed E-state index contributed by atoms with van der Waals surface area (Å²) in [6.45, 7) is 2.13. The van der Waals surface area contributed by atoms with E-state index in [2.05, 4.69) is 38.0 Å². The molecule has 0 spiro atoms. The number of hydrogen-bond acceptors (Lipinski definition) is 2. The van der Waals surface area contributed by atoms with E-state index in [4.69, 9.17) is 0 Å².